The summed E-state index contributed by atoms with van der Waals surface area (Å²) in [5, 5.41) is 3.48. The summed E-state index contributed by atoms with van der Waals surface area (Å²) in [5.41, 5.74) is 1.23. The summed E-state index contributed by atoms with van der Waals surface area (Å²) >= 11 is 0. The van der Waals surface area contributed by atoms with Crippen molar-refractivity contribution >= 4 is 5.69 Å². The molecule has 1 fully saturated rings. The van der Waals surface area contributed by atoms with Gasteiger partial charge in [-0.15, -0.1) is 0 Å². The van der Waals surface area contributed by atoms with Crippen LogP contribution in [0.4, 0.5) is 5.69 Å². The van der Waals surface area contributed by atoms with E-state index in [1.165, 1.54) is 44.6 Å². The zero-order chi connectivity index (χ0) is 11.9. The lowest BCUT2D eigenvalue weighted by Gasteiger charge is -2.16. The van der Waals surface area contributed by atoms with E-state index in [-0.39, 0.29) is 0 Å². The normalized spacial score (nSPS) is 20.6. The van der Waals surface area contributed by atoms with E-state index in [0.29, 0.717) is 0 Å². The highest BCUT2D eigenvalue weighted by molar-refractivity contribution is 5.42. The molecule has 94 valence electrons. The van der Waals surface area contributed by atoms with Gasteiger partial charge in [-0.1, -0.05) is 31.5 Å². The van der Waals surface area contributed by atoms with Crippen LogP contribution in [0.3, 0.4) is 0 Å². The third kappa shape index (κ3) is 4.04. The van der Waals surface area contributed by atoms with Crippen LogP contribution in [-0.4, -0.2) is 31.1 Å². The van der Waals surface area contributed by atoms with E-state index in [4.69, 9.17) is 0 Å². The number of nitrogens with one attached hydrogen (secondary N) is 1. The number of hydrogen-bond acceptors (Lipinski definition) is 2. The lowest BCUT2D eigenvalue weighted by atomic mass is 10.0. The van der Waals surface area contributed by atoms with Gasteiger partial charge in [0.2, 0.25) is 0 Å². The second-order valence-electron chi connectivity index (χ2n) is 5.04. The highest BCUT2D eigenvalue weighted by Gasteiger charge is 2.20. The molecule has 1 aliphatic rings. The minimum absolute atomic E-state index is 0.955. The van der Waals surface area contributed by atoms with Gasteiger partial charge in [-0.3, -0.25) is 0 Å². The van der Waals surface area contributed by atoms with Crippen molar-refractivity contribution in [2.24, 2.45) is 5.92 Å². The van der Waals surface area contributed by atoms with Crippen molar-refractivity contribution in [1.29, 1.82) is 0 Å². The molecule has 0 amide bonds. The maximum atomic E-state index is 3.48. The van der Waals surface area contributed by atoms with E-state index in [9.17, 15) is 0 Å². The number of para-hydroxylation sites is 1. The Morgan fingerprint density at radius 1 is 1.29 bits per heavy atom. The van der Waals surface area contributed by atoms with Crippen molar-refractivity contribution in [3.63, 3.8) is 0 Å². The fourth-order valence-corrected chi connectivity index (χ4v) is 2.67. The van der Waals surface area contributed by atoms with Crippen molar-refractivity contribution in [2.45, 2.75) is 26.2 Å². The van der Waals surface area contributed by atoms with Gasteiger partial charge in [-0.2, -0.15) is 0 Å². The van der Waals surface area contributed by atoms with Gasteiger partial charge in [0.15, 0.2) is 0 Å². The Hall–Kier alpha value is -1.02. The molecule has 2 nitrogen and oxygen atoms in total. The number of anilines is 1. The van der Waals surface area contributed by atoms with Gasteiger partial charge in [0, 0.05) is 25.3 Å². The van der Waals surface area contributed by atoms with Crippen LogP contribution in [0.25, 0.3) is 0 Å². The first-order valence-electron chi connectivity index (χ1n) is 6.89. The zero-order valence-electron chi connectivity index (χ0n) is 10.9. The average molecular weight is 232 g/mol. The number of hydrogen-bond donors (Lipinski definition) is 1. The summed E-state index contributed by atoms with van der Waals surface area (Å²) in [6.45, 7) is 7.13. The van der Waals surface area contributed by atoms with E-state index in [0.717, 1.165) is 12.5 Å². The second kappa shape index (κ2) is 6.65. The second-order valence-corrected chi connectivity index (χ2v) is 5.04. The number of nitrogens with zero attached hydrogens (tertiary/aromatic N) is 1. The lowest BCUT2D eigenvalue weighted by Crippen LogP contribution is -2.27. The monoisotopic (exact) mass is 232 g/mol. The first kappa shape index (κ1) is 12.4. The predicted molar refractivity (Wildman–Crippen MR) is 74.4 cm³/mol. The van der Waals surface area contributed by atoms with Crippen LogP contribution in [0, 0.1) is 5.92 Å². The Labute approximate surface area is 105 Å². The molecule has 1 heterocycles. The smallest absolute Gasteiger partial charge is 0.0340 e. The van der Waals surface area contributed by atoms with Gasteiger partial charge >= 0.3 is 0 Å². The molecule has 1 aliphatic heterocycles. The number of likely N-dealkylation sites (tertiary alicyclic amines) is 1. The summed E-state index contributed by atoms with van der Waals surface area (Å²) in [4.78, 5) is 2.59. The maximum absolute atomic E-state index is 3.48. The Kier molecular flexibility index (Phi) is 4.87. The van der Waals surface area contributed by atoms with Crippen LogP contribution in [0.1, 0.15) is 26.2 Å². The molecule has 0 bridgehead atoms. The lowest BCUT2D eigenvalue weighted by molar-refractivity contribution is 0.332. The minimum Gasteiger partial charge on any atom is -0.384 e. The molecular weight excluding hydrogens is 208 g/mol. The Bertz CT molecular complexity index is 310. The quantitative estimate of drug-likeness (QED) is 0.810. The zero-order valence-corrected chi connectivity index (χ0v) is 10.9. The van der Waals surface area contributed by atoms with E-state index in [1.54, 1.807) is 0 Å². The van der Waals surface area contributed by atoms with Crippen LogP contribution in [0.2, 0.25) is 0 Å². The molecule has 0 radical (unpaired) electrons. The number of rotatable bonds is 6. The van der Waals surface area contributed by atoms with Crippen molar-refractivity contribution in [1.82, 2.24) is 4.90 Å². The molecule has 0 spiro atoms. The highest BCUT2D eigenvalue weighted by Crippen LogP contribution is 2.20. The average Bonchev–Trinajstić information content (AvgIpc) is 2.79. The SMILES string of the molecule is CCC[C@@H]1CCN(CCNc2ccccc2)C1. The molecule has 2 heteroatoms. The van der Waals surface area contributed by atoms with Gasteiger partial charge in [0.05, 0.1) is 0 Å². The van der Waals surface area contributed by atoms with Crippen molar-refractivity contribution < 1.29 is 0 Å². The summed E-state index contributed by atoms with van der Waals surface area (Å²) in [5.74, 6) is 0.955. The summed E-state index contributed by atoms with van der Waals surface area (Å²) in [6, 6.07) is 10.5. The first-order chi connectivity index (χ1) is 8.38. The van der Waals surface area contributed by atoms with Gasteiger partial charge in [0.25, 0.3) is 0 Å². The van der Waals surface area contributed by atoms with Crippen molar-refractivity contribution in [3.05, 3.63) is 30.3 Å². The largest absolute Gasteiger partial charge is 0.384 e. The predicted octanol–water partition coefficient (Wildman–Crippen LogP) is 3.22. The summed E-state index contributed by atoms with van der Waals surface area (Å²) in [6.07, 6.45) is 4.14. The van der Waals surface area contributed by atoms with Crippen molar-refractivity contribution in [3.8, 4) is 0 Å². The van der Waals surface area contributed by atoms with Crippen molar-refractivity contribution in [2.75, 3.05) is 31.5 Å². The molecule has 0 aliphatic carbocycles. The molecule has 0 saturated carbocycles. The molecule has 2 rings (SSSR count). The van der Waals surface area contributed by atoms with Gasteiger partial charge < -0.3 is 10.2 Å². The molecule has 1 saturated heterocycles. The van der Waals surface area contributed by atoms with E-state index < -0.39 is 0 Å². The van der Waals surface area contributed by atoms with Gasteiger partial charge in [0.1, 0.15) is 0 Å². The van der Waals surface area contributed by atoms with E-state index in [1.807, 2.05) is 0 Å². The Morgan fingerprint density at radius 3 is 2.88 bits per heavy atom. The fourth-order valence-electron chi connectivity index (χ4n) is 2.67. The van der Waals surface area contributed by atoms with Gasteiger partial charge in [-0.05, 0) is 37.4 Å². The molecule has 0 aromatic heterocycles. The van der Waals surface area contributed by atoms with Crippen LogP contribution >= 0.6 is 0 Å². The minimum atomic E-state index is 0.955. The van der Waals surface area contributed by atoms with Crippen LogP contribution in [0.15, 0.2) is 30.3 Å². The highest BCUT2D eigenvalue weighted by atomic mass is 15.2. The fraction of sp³-hybridized carbons (Fsp3) is 0.600. The molecule has 17 heavy (non-hydrogen) atoms. The summed E-state index contributed by atoms with van der Waals surface area (Å²) in [7, 11) is 0. The van der Waals surface area contributed by atoms with E-state index >= 15 is 0 Å². The molecular formula is C15H24N2. The standard InChI is InChI=1S/C15H24N2/c1-2-6-14-9-11-17(13-14)12-10-16-15-7-4-3-5-8-15/h3-5,7-8,14,16H,2,6,9-13H2,1H3/t14-/m1/s1. The molecule has 1 atom stereocenters. The maximum Gasteiger partial charge on any atom is 0.0340 e. The topological polar surface area (TPSA) is 15.3 Å². The molecule has 0 unspecified atom stereocenters. The van der Waals surface area contributed by atoms with Crippen LogP contribution in [0.5, 0.6) is 0 Å². The van der Waals surface area contributed by atoms with E-state index in [2.05, 4.69) is 47.5 Å². The summed E-state index contributed by atoms with van der Waals surface area (Å²) < 4.78 is 0. The van der Waals surface area contributed by atoms with Gasteiger partial charge in [-0.25, -0.2) is 0 Å². The molecule has 1 aromatic carbocycles. The Balaban J connectivity index is 1.63. The molecule has 1 aromatic rings. The first-order valence-corrected chi connectivity index (χ1v) is 6.89. The van der Waals surface area contributed by atoms with Crippen LogP contribution in [-0.2, 0) is 0 Å². The third-order valence-corrected chi connectivity index (χ3v) is 3.60. The number of benzene rings is 1. The Morgan fingerprint density at radius 2 is 2.12 bits per heavy atom. The molecule has 1 N–H and O–H groups in total. The third-order valence-electron chi connectivity index (χ3n) is 3.60. The van der Waals surface area contributed by atoms with Crippen LogP contribution < -0.4 is 5.32 Å².